The molecule has 7 unspecified atom stereocenters. The zero-order valence-corrected chi connectivity index (χ0v) is 60.0. The van der Waals surface area contributed by atoms with Gasteiger partial charge in [0.05, 0.1) is 32.0 Å². The summed E-state index contributed by atoms with van der Waals surface area (Å²) in [4.78, 5) is 25.1. The van der Waals surface area contributed by atoms with Crippen molar-refractivity contribution in [2.75, 3.05) is 19.8 Å². The van der Waals surface area contributed by atoms with Gasteiger partial charge in [0.25, 0.3) is 0 Å². The lowest BCUT2D eigenvalue weighted by atomic mass is 9.99. The third kappa shape index (κ3) is 57.6. The number of ether oxygens (including phenoxy) is 3. The van der Waals surface area contributed by atoms with Crippen LogP contribution in [0.1, 0.15) is 380 Å². The molecule has 1 saturated heterocycles. The van der Waals surface area contributed by atoms with Crippen LogP contribution in [0.4, 0.5) is 0 Å². The highest BCUT2D eigenvalue weighted by molar-refractivity contribution is 5.76. The fourth-order valence-electron chi connectivity index (χ4n) is 12.4. The van der Waals surface area contributed by atoms with Gasteiger partial charge in [0.15, 0.2) is 6.29 Å². The highest BCUT2D eigenvalue weighted by atomic mass is 16.7. The number of nitrogens with one attached hydrogen (secondary N) is 1. The smallest absolute Gasteiger partial charge is 0.305 e. The predicted octanol–water partition coefficient (Wildman–Crippen LogP) is 21.2. The molecular weight excluding hydrogens is 1150 g/mol. The third-order valence-electron chi connectivity index (χ3n) is 18.6. The minimum absolute atomic E-state index is 0.0142. The molecule has 11 nitrogen and oxygen atoms in total. The van der Waals surface area contributed by atoms with Crippen molar-refractivity contribution in [1.29, 1.82) is 0 Å². The molecule has 1 aliphatic rings. The van der Waals surface area contributed by atoms with Gasteiger partial charge in [0.2, 0.25) is 5.91 Å². The Morgan fingerprint density at radius 3 is 1.15 bits per heavy atom. The molecule has 0 aromatic heterocycles. The minimum Gasteiger partial charge on any atom is -0.466 e. The second-order valence-electron chi connectivity index (χ2n) is 27.4. The van der Waals surface area contributed by atoms with Crippen LogP contribution < -0.4 is 5.32 Å². The van der Waals surface area contributed by atoms with Gasteiger partial charge in [0, 0.05) is 12.8 Å². The van der Waals surface area contributed by atoms with Gasteiger partial charge < -0.3 is 45.1 Å². The molecule has 7 atom stereocenters. The number of carbonyl (C=O) groups is 2. The molecule has 1 aliphatic heterocycles. The molecule has 0 radical (unpaired) electrons. The third-order valence-corrected chi connectivity index (χ3v) is 18.6. The lowest BCUT2D eigenvalue weighted by Crippen LogP contribution is -2.60. The first-order chi connectivity index (χ1) is 45.2. The van der Waals surface area contributed by atoms with Gasteiger partial charge in [-0.15, -0.1) is 0 Å². The van der Waals surface area contributed by atoms with E-state index < -0.39 is 49.5 Å². The number of esters is 1. The topological polar surface area (TPSA) is 175 Å². The lowest BCUT2D eigenvalue weighted by Gasteiger charge is -2.40. The van der Waals surface area contributed by atoms with Gasteiger partial charge in [-0.25, -0.2) is 0 Å². The molecule has 1 rings (SSSR count). The van der Waals surface area contributed by atoms with E-state index in [4.69, 9.17) is 14.2 Å². The van der Waals surface area contributed by atoms with E-state index >= 15 is 0 Å². The van der Waals surface area contributed by atoms with Crippen molar-refractivity contribution in [3.8, 4) is 0 Å². The van der Waals surface area contributed by atoms with Gasteiger partial charge in [-0.1, -0.05) is 338 Å². The van der Waals surface area contributed by atoms with Crippen LogP contribution in [-0.4, -0.2) is 100 Å². The van der Waals surface area contributed by atoms with Crippen LogP contribution >= 0.6 is 0 Å². The molecule has 1 amide bonds. The molecule has 0 aromatic carbocycles. The van der Waals surface area contributed by atoms with Crippen LogP contribution in [0, 0.1) is 0 Å². The van der Waals surface area contributed by atoms with Crippen LogP contribution in [0.5, 0.6) is 0 Å². The van der Waals surface area contributed by atoms with Gasteiger partial charge >= 0.3 is 5.97 Å². The number of allylic oxidation sites excluding steroid dienone is 9. The van der Waals surface area contributed by atoms with E-state index in [0.29, 0.717) is 19.4 Å². The Morgan fingerprint density at radius 1 is 0.402 bits per heavy atom. The number of hydrogen-bond acceptors (Lipinski definition) is 10. The normalized spacial score (nSPS) is 17.8. The number of aliphatic hydroxyl groups excluding tert-OH is 5. The monoisotopic (exact) mass is 1300 g/mol. The molecule has 1 fully saturated rings. The Labute approximate surface area is 567 Å². The number of amides is 1. The van der Waals surface area contributed by atoms with Gasteiger partial charge in [-0.2, -0.15) is 0 Å². The average Bonchev–Trinajstić information content (AvgIpc) is 1.10. The van der Waals surface area contributed by atoms with Gasteiger partial charge in [0.1, 0.15) is 24.4 Å². The van der Waals surface area contributed by atoms with Crippen molar-refractivity contribution >= 4 is 11.9 Å². The van der Waals surface area contributed by atoms with Crippen LogP contribution in [0.2, 0.25) is 0 Å². The van der Waals surface area contributed by atoms with Crippen LogP contribution in [-0.2, 0) is 23.8 Å². The Balaban J connectivity index is 1.93. The largest absolute Gasteiger partial charge is 0.466 e. The maximum atomic E-state index is 13.1. The lowest BCUT2D eigenvalue weighted by molar-refractivity contribution is -0.302. The van der Waals surface area contributed by atoms with Crippen molar-refractivity contribution in [2.45, 2.75) is 423 Å². The highest BCUT2D eigenvalue weighted by Gasteiger charge is 2.44. The van der Waals surface area contributed by atoms with E-state index in [1.54, 1.807) is 6.08 Å². The summed E-state index contributed by atoms with van der Waals surface area (Å²) in [5.41, 5.74) is 0. The standard InChI is InChI=1S/C81H149NO10/c1-3-5-7-9-11-13-15-16-44-48-51-55-59-63-67-74(84)73(72-91-81-80(89)79(88)78(87)75(71-83)92-81)82-76(85)68-64-60-56-52-49-45-42-40-38-36-34-32-30-28-26-24-22-20-18-17-19-21-23-25-27-29-31-33-35-37-39-41-43-46-50-54-58-62-66-70-90-77(86)69-65-61-57-53-47-14-12-10-8-6-4-2/h13,15,17-18,21,23,48,51,63,67,73-75,78-81,83-84,87-89H,3-12,14,16,19-20,22,24-47,49-50,52-62,64-66,68-72H2,1-2H3,(H,82,85)/b15-13+,18-17-,23-21-,51-48+,67-63+. The summed E-state index contributed by atoms with van der Waals surface area (Å²) in [6, 6.07) is -0.834. The number of carbonyl (C=O) groups excluding carboxylic acids is 2. The van der Waals surface area contributed by atoms with E-state index in [-0.39, 0.29) is 18.5 Å². The van der Waals surface area contributed by atoms with Crippen LogP contribution in [0.3, 0.4) is 0 Å². The molecule has 0 spiro atoms. The number of hydrogen-bond donors (Lipinski definition) is 6. The van der Waals surface area contributed by atoms with Gasteiger partial charge in [-0.3, -0.25) is 9.59 Å². The van der Waals surface area contributed by atoms with E-state index in [2.05, 4.69) is 67.8 Å². The summed E-state index contributed by atoms with van der Waals surface area (Å²) in [6.07, 6.45) is 84.0. The van der Waals surface area contributed by atoms with Crippen LogP contribution in [0.25, 0.3) is 0 Å². The Kier molecular flexibility index (Phi) is 66.2. The molecule has 11 heteroatoms. The minimum atomic E-state index is -1.58. The van der Waals surface area contributed by atoms with Crippen molar-refractivity contribution in [3.63, 3.8) is 0 Å². The summed E-state index contributed by atoms with van der Waals surface area (Å²) in [6.45, 7) is 4.34. The average molecular weight is 1300 g/mol. The summed E-state index contributed by atoms with van der Waals surface area (Å²) in [7, 11) is 0. The Morgan fingerprint density at radius 2 is 0.739 bits per heavy atom. The summed E-state index contributed by atoms with van der Waals surface area (Å²) < 4.78 is 16.7. The zero-order chi connectivity index (χ0) is 66.5. The first kappa shape index (κ1) is 87.4. The quantitative estimate of drug-likeness (QED) is 0.0195. The molecule has 0 aliphatic carbocycles. The molecule has 6 N–H and O–H groups in total. The maximum absolute atomic E-state index is 13.1. The molecule has 0 saturated carbocycles. The van der Waals surface area contributed by atoms with E-state index in [1.807, 2.05) is 6.08 Å². The fraction of sp³-hybridized carbons (Fsp3) is 0.852. The molecular formula is C81H149NO10. The van der Waals surface area contributed by atoms with Crippen molar-refractivity contribution in [2.24, 2.45) is 0 Å². The van der Waals surface area contributed by atoms with E-state index in [0.717, 1.165) is 70.6 Å². The molecule has 0 bridgehead atoms. The van der Waals surface area contributed by atoms with Crippen LogP contribution in [0.15, 0.2) is 60.8 Å². The van der Waals surface area contributed by atoms with E-state index in [9.17, 15) is 35.1 Å². The zero-order valence-electron chi connectivity index (χ0n) is 60.0. The van der Waals surface area contributed by atoms with Crippen molar-refractivity contribution < 1.29 is 49.3 Å². The second-order valence-corrected chi connectivity index (χ2v) is 27.4. The summed E-state index contributed by atoms with van der Waals surface area (Å²) in [5.74, 6) is -0.178. The molecule has 0 aromatic rings. The molecule has 538 valence electrons. The number of rotatable bonds is 70. The molecule has 1 heterocycles. The first-order valence-electron chi connectivity index (χ1n) is 39.6. The summed E-state index contributed by atoms with van der Waals surface area (Å²) in [5, 5.41) is 54.5. The second kappa shape index (κ2) is 69.7. The first-order valence-corrected chi connectivity index (χ1v) is 39.6. The Hall–Kier alpha value is -2.64. The SMILES string of the molecule is CCCCCC/C=C/CC/C=C/CC/C=C/C(O)C(COC1OC(CO)C(O)C(O)C1O)NC(=O)CCCCCCCCCCCCCCCCCCC/C=C\C/C=C\CCCCCCCCCCCCCCCCCOC(=O)CCCCCCCCCCCCC. The number of aliphatic hydroxyl groups is 5. The fourth-order valence-corrected chi connectivity index (χ4v) is 12.4. The number of unbranched alkanes of at least 4 members (excludes halogenated alkanes) is 48. The summed E-state index contributed by atoms with van der Waals surface area (Å²) >= 11 is 0. The Bertz CT molecular complexity index is 1710. The van der Waals surface area contributed by atoms with Crippen molar-refractivity contribution in [3.05, 3.63) is 60.8 Å². The van der Waals surface area contributed by atoms with Gasteiger partial charge in [-0.05, 0) is 89.9 Å². The predicted molar refractivity (Wildman–Crippen MR) is 389 cm³/mol. The van der Waals surface area contributed by atoms with E-state index in [1.165, 1.54) is 283 Å². The van der Waals surface area contributed by atoms with Crippen molar-refractivity contribution in [1.82, 2.24) is 5.32 Å². The highest BCUT2D eigenvalue weighted by Crippen LogP contribution is 2.24. The maximum Gasteiger partial charge on any atom is 0.305 e. The molecule has 92 heavy (non-hydrogen) atoms.